The average Bonchev–Trinajstić information content (AvgIpc) is 3.60. The Labute approximate surface area is 236 Å². The molecule has 3 heterocycles. The molecule has 1 fully saturated rings. The number of ether oxygens (including phenoxy) is 3. The minimum Gasteiger partial charge on any atom is -0.494 e. The lowest BCUT2D eigenvalue weighted by atomic mass is 9.92. The van der Waals surface area contributed by atoms with Gasteiger partial charge in [0.2, 0.25) is 0 Å². The summed E-state index contributed by atoms with van der Waals surface area (Å²) in [6.07, 6.45) is 7.91. The standard InChI is InChI=1S/C31H40ClN3O4/c1-37-20-21-39-31(36)35-18-14-26-27-22-24(32)10-13-28(27)33-29(26)30(35)23-8-11-25(12-9-23)38-19-7-3-2-4-15-34-16-5-6-17-34/h8-13,22,30,33H,2-7,14-21H2,1H3. The number of hydrogen-bond acceptors (Lipinski definition) is 5. The number of methoxy groups -OCH3 is 1. The van der Waals surface area contributed by atoms with E-state index < -0.39 is 0 Å². The number of nitrogens with one attached hydrogen (secondary N) is 1. The highest BCUT2D eigenvalue weighted by Gasteiger charge is 2.35. The Morgan fingerprint density at radius 1 is 0.974 bits per heavy atom. The van der Waals surface area contributed by atoms with Gasteiger partial charge in [-0.2, -0.15) is 0 Å². The van der Waals surface area contributed by atoms with E-state index in [0.29, 0.717) is 18.2 Å². The van der Waals surface area contributed by atoms with E-state index in [1.807, 2.05) is 30.3 Å². The molecule has 1 saturated heterocycles. The zero-order chi connectivity index (χ0) is 27.0. The zero-order valence-corrected chi connectivity index (χ0v) is 23.7. The molecule has 39 heavy (non-hydrogen) atoms. The number of hydrogen-bond donors (Lipinski definition) is 1. The lowest BCUT2D eigenvalue weighted by Gasteiger charge is -2.35. The van der Waals surface area contributed by atoms with Crippen molar-refractivity contribution in [1.82, 2.24) is 14.8 Å². The molecule has 5 rings (SSSR count). The van der Waals surface area contributed by atoms with Gasteiger partial charge in [0.25, 0.3) is 0 Å². The van der Waals surface area contributed by atoms with E-state index in [2.05, 4.69) is 22.0 Å². The van der Waals surface area contributed by atoms with Crippen molar-refractivity contribution in [3.63, 3.8) is 0 Å². The quantitative estimate of drug-likeness (QED) is 0.256. The highest BCUT2D eigenvalue weighted by atomic mass is 35.5. The number of amides is 1. The summed E-state index contributed by atoms with van der Waals surface area (Å²) in [5.41, 5.74) is 4.23. The third kappa shape index (κ3) is 6.89. The van der Waals surface area contributed by atoms with E-state index in [0.717, 1.165) is 47.4 Å². The van der Waals surface area contributed by atoms with Crippen LogP contribution in [0, 0.1) is 0 Å². The Morgan fingerprint density at radius 2 is 1.77 bits per heavy atom. The summed E-state index contributed by atoms with van der Waals surface area (Å²) < 4.78 is 16.6. The van der Waals surface area contributed by atoms with Crippen molar-refractivity contribution in [2.24, 2.45) is 0 Å². The molecule has 3 aromatic rings. The van der Waals surface area contributed by atoms with Crippen LogP contribution in [0.3, 0.4) is 0 Å². The number of rotatable bonds is 12. The maximum Gasteiger partial charge on any atom is 0.410 e. The lowest BCUT2D eigenvalue weighted by Crippen LogP contribution is -2.41. The average molecular weight is 554 g/mol. The molecule has 1 N–H and O–H groups in total. The van der Waals surface area contributed by atoms with Gasteiger partial charge >= 0.3 is 6.09 Å². The van der Waals surface area contributed by atoms with Crippen molar-refractivity contribution in [3.05, 3.63) is 64.3 Å². The van der Waals surface area contributed by atoms with Crippen LogP contribution in [0.5, 0.6) is 5.75 Å². The van der Waals surface area contributed by atoms with Gasteiger partial charge in [-0.1, -0.05) is 36.6 Å². The summed E-state index contributed by atoms with van der Waals surface area (Å²) in [5.74, 6) is 0.851. The van der Waals surface area contributed by atoms with Crippen LogP contribution < -0.4 is 4.74 Å². The molecule has 0 bridgehead atoms. The number of aromatic nitrogens is 1. The summed E-state index contributed by atoms with van der Waals surface area (Å²) in [6, 6.07) is 13.7. The summed E-state index contributed by atoms with van der Waals surface area (Å²) in [6.45, 7) is 5.66. The number of nitrogens with zero attached hydrogens (tertiary/aromatic N) is 2. The van der Waals surface area contributed by atoms with Gasteiger partial charge in [-0.3, -0.25) is 4.90 Å². The zero-order valence-electron chi connectivity index (χ0n) is 22.9. The number of carbonyl (C=O) groups is 1. The van der Waals surface area contributed by atoms with Crippen LogP contribution in [0.1, 0.15) is 61.4 Å². The van der Waals surface area contributed by atoms with Crippen LogP contribution in [-0.4, -0.2) is 74.0 Å². The van der Waals surface area contributed by atoms with Crippen LogP contribution in [-0.2, 0) is 15.9 Å². The fourth-order valence-electron chi connectivity index (χ4n) is 5.83. The van der Waals surface area contributed by atoms with Crippen LogP contribution in [0.2, 0.25) is 5.02 Å². The summed E-state index contributed by atoms with van der Waals surface area (Å²) >= 11 is 6.32. The highest BCUT2D eigenvalue weighted by Crippen LogP contribution is 2.39. The van der Waals surface area contributed by atoms with E-state index in [9.17, 15) is 4.79 Å². The van der Waals surface area contributed by atoms with Gasteiger partial charge in [-0.05, 0) is 93.2 Å². The molecule has 1 amide bonds. The molecular formula is C31H40ClN3O4. The van der Waals surface area contributed by atoms with E-state index in [4.69, 9.17) is 25.8 Å². The normalized spacial score (nSPS) is 17.5. The second kappa shape index (κ2) is 13.6. The first kappa shape index (κ1) is 27.8. The first-order chi connectivity index (χ1) is 19.1. The second-order valence-corrected chi connectivity index (χ2v) is 11.0. The van der Waals surface area contributed by atoms with E-state index >= 15 is 0 Å². The number of unbranched alkanes of at least 4 members (excludes halogenated alkanes) is 3. The number of carbonyl (C=O) groups excluding carboxylic acids is 1. The van der Waals surface area contributed by atoms with Crippen LogP contribution in [0.15, 0.2) is 42.5 Å². The fraction of sp³-hybridized carbons (Fsp3) is 0.516. The maximum absolute atomic E-state index is 13.1. The predicted octanol–water partition coefficient (Wildman–Crippen LogP) is 6.59. The van der Waals surface area contributed by atoms with E-state index in [-0.39, 0.29) is 18.7 Å². The molecule has 1 unspecified atom stereocenters. The number of benzene rings is 2. The molecule has 0 aliphatic carbocycles. The highest BCUT2D eigenvalue weighted by molar-refractivity contribution is 6.31. The van der Waals surface area contributed by atoms with Crippen molar-refractivity contribution in [2.45, 2.75) is 51.0 Å². The van der Waals surface area contributed by atoms with E-state index in [1.165, 1.54) is 57.3 Å². The van der Waals surface area contributed by atoms with Crippen LogP contribution in [0.4, 0.5) is 4.79 Å². The molecular weight excluding hydrogens is 514 g/mol. The molecule has 0 spiro atoms. The number of aromatic amines is 1. The maximum atomic E-state index is 13.1. The fourth-order valence-corrected chi connectivity index (χ4v) is 6.00. The van der Waals surface area contributed by atoms with Crippen molar-refractivity contribution >= 4 is 28.6 Å². The Balaban J connectivity index is 1.23. The minimum absolute atomic E-state index is 0.221. The van der Waals surface area contributed by atoms with E-state index in [1.54, 1.807) is 12.0 Å². The first-order valence-electron chi connectivity index (χ1n) is 14.3. The van der Waals surface area contributed by atoms with Gasteiger partial charge in [-0.25, -0.2) is 4.79 Å². The van der Waals surface area contributed by atoms with Crippen molar-refractivity contribution in [3.8, 4) is 5.75 Å². The molecule has 2 aliphatic heterocycles. The van der Waals surface area contributed by atoms with Crippen molar-refractivity contribution in [2.75, 3.05) is 53.1 Å². The molecule has 7 nitrogen and oxygen atoms in total. The second-order valence-electron chi connectivity index (χ2n) is 10.5. The first-order valence-corrected chi connectivity index (χ1v) is 14.7. The Morgan fingerprint density at radius 3 is 2.56 bits per heavy atom. The van der Waals surface area contributed by atoms with Gasteiger partial charge in [0, 0.05) is 35.3 Å². The summed E-state index contributed by atoms with van der Waals surface area (Å²) in [4.78, 5) is 21.1. The molecule has 210 valence electrons. The summed E-state index contributed by atoms with van der Waals surface area (Å²) in [7, 11) is 1.60. The van der Waals surface area contributed by atoms with Crippen LogP contribution in [0.25, 0.3) is 10.9 Å². The number of fused-ring (bicyclic) bond motifs is 3. The topological polar surface area (TPSA) is 67.0 Å². The third-order valence-corrected chi connectivity index (χ3v) is 8.10. The molecule has 1 aromatic heterocycles. The largest absolute Gasteiger partial charge is 0.494 e. The molecule has 1 atom stereocenters. The predicted molar refractivity (Wildman–Crippen MR) is 155 cm³/mol. The number of halogens is 1. The van der Waals surface area contributed by atoms with Gasteiger partial charge in [0.1, 0.15) is 18.4 Å². The van der Waals surface area contributed by atoms with Gasteiger partial charge in [-0.15, -0.1) is 0 Å². The Hall–Kier alpha value is -2.74. The number of likely N-dealkylation sites (tertiary alicyclic amines) is 1. The molecule has 0 saturated carbocycles. The molecule has 0 radical (unpaired) electrons. The smallest absolute Gasteiger partial charge is 0.410 e. The van der Waals surface area contributed by atoms with Gasteiger partial charge in [0.15, 0.2) is 0 Å². The summed E-state index contributed by atoms with van der Waals surface area (Å²) in [5, 5.41) is 1.81. The lowest BCUT2D eigenvalue weighted by molar-refractivity contribution is 0.0629. The molecule has 2 aliphatic rings. The third-order valence-electron chi connectivity index (χ3n) is 7.87. The molecule has 8 heteroatoms. The van der Waals surface area contributed by atoms with Gasteiger partial charge < -0.3 is 24.1 Å². The van der Waals surface area contributed by atoms with Gasteiger partial charge in [0.05, 0.1) is 13.2 Å². The van der Waals surface area contributed by atoms with Crippen molar-refractivity contribution in [1.29, 1.82) is 0 Å². The van der Waals surface area contributed by atoms with Crippen molar-refractivity contribution < 1.29 is 19.0 Å². The van der Waals surface area contributed by atoms with Crippen LogP contribution >= 0.6 is 11.6 Å². The Kier molecular flexibility index (Phi) is 9.67. The molecule has 2 aromatic carbocycles. The Bertz CT molecular complexity index is 1220. The monoisotopic (exact) mass is 553 g/mol. The minimum atomic E-state index is -0.343. The number of H-pyrrole nitrogens is 1. The SMILES string of the molecule is COCCOC(=O)N1CCc2c([nH]c3ccc(Cl)cc23)C1c1ccc(OCCCCCCN2CCCC2)cc1.